The minimum absolute atomic E-state index is 0.234. The first-order valence-electron chi connectivity index (χ1n) is 7.87. The van der Waals surface area contributed by atoms with Gasteiger partial charge in [0.2, 0.25) is 0 Å². The van der Waals surface area contributed by atoms with E-state index in [4.69, 9.17) is 9.47 Å². The van der Waals surface area contributed by atoms with Gasteiger partial charge in [-0.3, -0.25) is 0 Å². The van der Waals surface area contributed by atoms with E-state index in [1.165, 1.54) is 0 Å². The van der Waals surface area contributed by atoms with Crippen molar-refractivity contribution >= 4 is 17.7 Å². The van der Waals surface area contributed by atoms with Crippen molar-refractivity contribution < 1.29 is 23.9 Å². The van der Waals surface area contributed by atoms with E-state index in [-0.39, 0.29) is 18.9 Å². The van der Waals surface area contributed by atoms with Crippen LogP contribution in [0.15, 0.2) is 48.5 Å². The third-order valence-electron chi connectivity index (χ3n) is 3.39. The Kier molecular flexibility index (Phi) is 6.20. The summed E-state index contributed by atoms with van der Waals surface area (Å²) < 4.78 is 9.95. The number of hydrogen-bond acceptors (Lipinski definition) is 4. The molecule has 0 aliphatic heterocycles. The zero-order valence-corrected chi connectivity index (χ0v) is 14.1. The Hall–Kier alpha value is -3.24. The second kappa shape index (κ2) is 8.57. The summed E-state index contributed by atoms with van der Waals surface area (Å²) in [7, 11) is 0. The SMILES string of the molecule is CCOC(=O)c1cccc(C(=[N+]=[N-])c2cccc(C(=O)OCC)c2)c1. The molecule has 0 spiro atoms. The molecule has 128 valence electrons. The monoisotopic (exact) mass is 338 g/mol. The largest absolute Gasteiger partial charge is 0.462 e. The number of hydrogen-bond donors (Lipinski definition) is 0. The van der Waals surface area contributed by atoms with E-state index in [9.17, 15) is 15.1 Å². The predicted molar refractivity (Wildman–Crippen MR) is 91.6 cm³/mol. The van der Waals surface area contributed by atoms with Crippen LogP contribution >= 0.6 is 0 Å². The maximum absolute atomic E-state index is 11.9. The van der Waals surface area contributed by atoms with Crippen molar-refractivity contribution in [2.24, 2.45) is 0 Å². The molecule has 0 bridgehead atoms. The maximum atomic E-state index is 11.9. The molecular weight excluding hydrogens is 320 g/mol. The fraction of sp³-hybridized carbons (Fsp3) is 0.211. The third-order valence-corrected chi connectivity index (χ3v) is 3.39. The van der Waals surface area contributed by atoms with Gasteiger partial charge in [-0.2, -0.15) is 4.79 Å². The van der Waals surface area contributed by atoms with Crippen molar-refractivity contribution in [3.63, 3.8) is 0 Å². The summed E-state index contributed by atoms with van der Waals surface area (Å²) in [6.45, 7) is 3.99. The lowest BCUT2D eigenvalue weighted by atomic mass is 9.99. The molecule has 2 aromatic carbocycles. The molecule has 25 heavy (non-hydrogen) atoms. The lowest BCUT2D eigenvalue weighted by Crippen LogP contribution is -2.10. The zero-order chi connectivity index (χ0) is 18.2. The van der Waals surface area contributed by atoms with Crippen LogP contribution < -0.4 is 0 Å². The molecule has 6 nitrogen and oxygen atoms in total. The Bertz CT molecular complexity index is 775. The Labute approximate surface area is 145 Å². The molecule has 0 aromatic heterocycles. The summed E-state index contributed by atoms with van der Waals surface area (Å²) in [5.74, 6) is -0.913. The second-order valence-corrected chi connectivity index (χ2v) is 5.05. The fourth-order valence-electron chi connectivity index (χ4n) is 2.30. The van der Waals surface area contributed by atoms with E-state index < -0.39 is 11.9 Å². The van der Waals surface area contributed by atoms with Gasteiger partial charge in [0.25, 0.3) is 0 Å². The molecule has 0 amide bonds. The number of carbonyl (C=O) groups excluding carboxylic acids is 2. The molecule has 6 heteroatoms. The highest BCUT2D eigenvalue weighted by Gasteiger charge is 2.19. The molecule has 0 heterocycles. The van der Waals surface area contributed by atoms with Gasteiger partial charge < -0.3 is 15.0 Å². The van der Waals surface area contributed by atoms with Gasteiger partial charge in [0.15, 0.2) is 0 Å². The van der Waals surface area contributed by atoms with Crippen LogP contribution in [0.3, 0.4) is 0 Å². The van der Waals surface area contributed by atoms with Crippen LogP contribution in [0.4, 0.5) is 0 Å². The Balaban J connectivity index is 2.40. The van der Waals surface area contributed by atoms with E-state index in [0.29, 0.717) is 22.3 Å². The van der Waals surface area contributed by atoms with Crippen molar-refractivity contribution in [3.05, 3.63) is 76.3 Å². The molecule has 0 N–H and O–H groups in total. The lowest BCUT2D eigenvalue weighted by Gasteiger charge is -2.05. The molecule has 0 aliphatic rings. The standard InChI is InChI=1S/C19H18N2O4/c1-3-24-18(22)15-9-5-7-13(11-15)17(21-20)14-8-6-10-16(12-14)19(23)25-4-2/h5-12H,3-4H2,1-2H3. The van der Waals surface area contributed by atoms with E-state index in [0.717, 1.165) is 0 Å². The summed E-state index contributed by atoms with van der Waals surface area (Å²) in [5.41, 5.74) is 11.4. The van der Waals surface area contributed by atoms with Crippen molar-refractivity contribution in [1.29, 1.82) is 0 Å². The van der Waals surface area contributed by atoms with Gasteiger partial charge in [0.05, 0.1) is 35.5 Å². The smallest absolute Gasteiger partial charge is 0.338 e. The van der Waals surface area contributed by atoms with E-state index in [1.807, 2.05) is 0 Å². The molecule has 0 saturated heterocycles. The molecule has 2 aromatic rings. The average Bonchev–Trinajstić information content (AvgIpc) is 2.63. The molecule has 0 aliphatic carbocycles. The number of esters is 2. The van der Waals surface area contributed by atoms with Crippen molar-refractivity contribution in [3.8, 4) is 0 Å². The maximum Gasteiger partial charge on any atom is 0.338 e. The second-order valence-electron chi connectivity index (χ2n) is 5.05. The van der Waals surface area contributed by atoms with Crippen molar-refractivity contribution in [2.45, 2.75) is 13.8 Å². The first-order valence-corrected chi connectivity index (χ1v) is 7.87. The molecule has 0 unspecified atom stereocenters. The highest BCUT2D eigenvalue weighted by Crippen LogP contribution is 2.14. The van der Waals surface area contributed by atoms with E-state index >= 15 is 0 Å². The van der Waals surface area contributed by atoms with Crippen LogP contribution in [0.5, 0.6) is 0 Å². The van der Waals surface area contributed by atoms with Gasteiger partial charge in [-0.25, -0.2) is 9.59 Å². The van der Waals surface area contributed by atoms with Crippen LogP contribution in [0.25, 0.3) is 5.53 Å². The lowest BCUT2D eigenvalue weighted by molar-refractivity contribution is -0.00279. The van der Waals surface area contributed by atoms with Gasteiger partial charge in [0, 0.05) is 0 Å². The average molecular weight is 338 g/mol. The van der Waals surface area contributed by atoms with Gasteiger partial charge in [-0.15, -0.1) is 0 Å². The topological polar surface area (TPSA) is 89.0 Å². The minimum Gasteiger partial charge on any atom is -0.462 e. The normalized spacial score (nSPS) is 9.84. The van der Waals surface area contributed by atoms with Crippen LogP contribution in [0.2, 0.25) is 0 Å². The quantitative estimate of drug-likeness (QED) is 0.350. The van der Waals surface area contributed by atoms with Crippen LogP contribution in [-0.4, -0.2) is 35.7 Å². The zero-order valence-electron chi connectivity index (χ0n) is 14.1. The number of rotatable bonds is 6. The number of carbonyl (C=O) groups is 2. The van der Waals surface area contributed by atoms with Gasteiger partial charge >= 0.3 is 17.7 Å². The summed E-state index contributed by atoms with van der Waals surface area (Å²) in [6, 6.07) is 13.1. The number of benzene rings is 2. The molecule has 0 fully saturated rings. The Morgan fingerprint density at radius 2 is 1.24 bits per heavy atom. The van der Waals surface area contributed by atoms with Gasteiger partial charge in [-0.05, 0) is 50.2 Å². The Morgan fingerprint density at radius 3 is 1.60 bits per heavy atom. The van der Waals surface area contributed by atoms with Gasteiger partial charge in [0.1, 0.15) is 0 Å². The summed E-state index contributed by atoms with van der Waals surface area (Å²) in [4.78, 5) is 27.1. The van der Waals surface area contributed by atoms with Crippen LogP contribution in [0.1, 0.15) is 45.7 Å². The van der Waals surface area contributed by atoms with Crippen molar-refractivity contribution in [1.82, 2.24) is 0 Å². The summed E-state index contributed by atoms with van der Waals surface area (Å²) >= 11 is 0. The summed E-state index contributed by atoms with van der Waals surface area (Å²) in [5, 5.41) is 0. The molecule has 2 rings (SSSR count). The Morgan fingerprint density at radius 1 is 0.840 bits per heavy atom. The van der Waals surface area contributed by atoms with E-state index in [1.54, 1.807) is 62.4 Å². The van der Waals surface area contributed by atoms with Gasteiger partial charge in [-0.1, -0.05) is 12.1 Å². The molecule has 0 saturated carbocycles. The number of nitrogens with zero attached hydrogens (tertiary/aromatic N) is 2. The minimum atomic E-state index is -0.457. The van der Waals surface area contributed by atoms with Crippen molar-refractivity contribution in [2.75, 3.05) is 13.2 Å². The highest BCUT2D eigenvalue weighted by molar-refractivity contribution is 6.11. The predicted octanol–water partition coefficient (Wildman–Crippen LogP) is 3.11. The van der Waals surface area contributed by atoms with Crippen LogP contribution in [0, 0.1) is 0 Å². The number of ether oxygens (including phenoxy) is 2. The molecular formula is C19H18N2O4. The van der Waals surface area contributed by atoms with E-state index in [2.05, 4.69) is 4.79 Å². The third kappa shape index (κ3) is 4.40. The first kappa shape index (κ1) is 18.1. The molecule has 0 atom stereocenters. The highest BCUT2D eigenvalue weighted by atomic mass is 16.5. The summed E-state index contributed by atoms with van der Waals surface area (Å²) in [6.07, 6.45) is 0. The van der Waals surface area contributed by atoms with Crippen LogP contribution in [-0.2, 0) is 9.47 Å². The fourth-order valence-corrected chi connectivity index (χ4v) is 2.30. The molecule has 0 radical (unpaired) electrons. The first-order chi connectivity index (χ1) is 12.1.